The summed E-state index contributed by atoms with van der Waals surface area (Å²) in [6, 6.07) is 15.4. The Hall–Kier alpha value is -2.51. The standard InChI is InChI=1S/C20H20ClN5OS/c1-12-3-5-14(6-4-12)11-22-19(27)18-17(15-7-9-16(21)10-8-15)25-26-13(2)23-24-20(26)28-18/h3-10,17-18,25H,11H2,1-2H3,(H,22,27)/t17-,18-/m1/s1. The molecule has 28 heavy (non-hydrogen) atoms. The molecule has 4 rings (SSSR count). The van der Waals surface area contributed by atoms with Crippen LogP contribution in [0.2, 0.25) is 5.02 Å². The number of hydrogen-bond donors (Lipinski definition) is 2. The topological polar surface area (TPSA) is 71.8 Å². The van der Waals surface area contributed by atoms with Crippen LogP contribution in [0.25, 0.3) is 0 Å². The highest BCUT2D eigenvalue weighted by Gasteiger charge is 2.37. The van der Waals surface area contributed by atoms with Crippen LogP contribution >= 0.6 is 23.4 Å². The molecule has 0 spiro atoms. The van der Waals surface area contributed by atoms with Crippen LogP contribution in [0, 0.1) is 13.8 Å². The highest BCUT2D eigenvalue weighted by Crippen LogP contribution is 2.37. The Kier molecular flexibility index (Phi) is 5.28. The van der Waals surface area contributed by atoms with E-state index in [0.717, 1.165) is 17.0 Å². The van der Waals surface area contributed by atoms with E-state index in [9.17, 15) is 4.79 Å². The van der Waals surface area contributed by atoms with Gasteiger partial charge in [-0.2, -0.15) is 0 Å². The molecule has 2 heterocycles. The van der Waals surface area contributed by atoms with Crippen molar-refractivity contribution in [3.63, 3.8) is 0 Å². The lowest BCUT2D eigenvalue weighted by atomic mass is 10.0. The van der Waals surface area contributed by atoms with Crippen LogP contribution in [0.15, 0.2) is 53.7 Å². The molecule has 1 amide bonds. The lowest BCUT2D eigenvalue weighted by molar-refractivity contribution is -0.121. The predicted molar refractivity (Wildman–Crippen MR) is 111 cm³/mol. The van der Waals surface area contributed by atoms with Gasteiger partial charge in [-0.3, -0.25) is 4.79 Å². The highest BCUT2D eigenvalue weighted by atomic mass is 35.5. The second-order valence-corrected chi connectivity index (χ2v) is 8.31. The number of hydrogen-bond acceptors (Lipinski definition) is 5. The zero-order chi connectivity index (χ0) is 19.7. The Balaban J connectivity index is 1.57. The molecule has 6 nitrogen and oxygen atoms in total. The second-order valence-electron chi connectivity index (χ2n) is 6.77. The number of benzene rings is 2. The van der Waals surface area contributed by atoms with Crippen LogP contribution in [0.5, 0.6) is 0 Å². The van der Waals surface area contributed by atoms with Crippen molar-refractivity contribution in [2.45, 2.75) is 36.8 Å². The number of rotatable bonds is 4. The van der Waals surface area contributed by atoms with Gasteiger partial charge in [0.1, 0.15) is 11.1 Å². The molecule has 0 saturated carbocycles. The average molecular weight is 414 g/mol. The number of nitrogens with one attached hydrogen (secondary N) is 2. The number of halogens is 1. The maximum atomic E-state index is 13.1. The summed E-state index contributed by atoms with van der Waals surface area (Å²) in [5, 5.41) is 12.3. The molecule has 1 aliphatic rings. The number of nitrogens with zero attached hydrogens (tertiary/aromatic N) is 3. The minimum atomic E-state index is -0.386. The van der Waals surface area contributed by atoms with Gasteiger partial charge in [-0.15, -0.1) is 10.2 Å². The maximum Gasteiger partial charge on any atom is 0.236 e. The smallest absolute Gasteiger partial charge is 0.236 e. The van der Waals surface area contributed by atoms with Crippen molar-refractivity contribution in [1.29, 1.82) is 0 Å². The quantitative estimate of drug-likeness (QED) is 0.683. The van der Waals surface area contributed by atoms with E-state index in [1.807, 2.05) is 67.1 Å². The van der Waals surface area contributed by atoms with E-state index in [0.29, 0.717) is 16.7 Å². The molecule has 2 atom stereocenters. The predicted octanol–water partition coefficient (Wildman–Crippen LogP) is 3.62. The molecule has 0 unspecified atom stereocenters. The zero-order valence-corrected chi connectivity index (χ0v) is 17.1. The van der Waals surface area contributed by atoms with Crippen molar-refractivity contribution >= 4 is 29.3 Å². The Morgan fingerprint density at radius 1 is 1.14 bits per heavy atom. The maximum absolute atomic E-state index is 13.1. The lowest BCUT2D eigenvalue weighted by Crippen LogP contribution is -2.44. The molecule has 144 valence electrons. The van der Waals surface area contributed by atoms with Crippen molar-refractivity contribution in [3.8, 4) is 0 Å². The summed E-state index contributed by atoms with van der Waals surface area (Å²) in [6.45, 7) is 4.40. The monoisotopic (exact) mass is 413 g/mol. The summed E-state index contributed by atoms with van der Waals surface area (Å²) >= 11 is 7.45. The Morgan fingerprint density at radius 2 is 1.86 bits per heavy atom. The van der Waals surface area contributed by atoms with Gasteiger partial charge < -0.3 is 10.7 Å². The SMILES string of the molecule is Cc1ccc(CNC(=O)[C@@H]2Sc3nnc(C)n3N[C@@H]2c2ccc(Cl)cc2)cc1. The van der Waals surface area contributed by atoms with Crippen LogP contribution < -0.4 is 10.7 Å². The van der Waals surface area contributed by atoms with Gasteiger partial charge in [0.15, 0.2) is 0 Å². The Morgan fingerprint density at radius 3 is 2.57 bits per heavy atom. The normalized spacial score (nSPS) is 18.2. The van der Waals surface area contributed by atoms with E-state index in [1.165, 1.54) is 17.3 Å². The van der Waals surface area contributed by atoms with Crippen LogP contribution in [-0.4, -0.2) is 26.0 Å². The van der Waals surface area contributed by atoms with E-state index in [-0.39, 0.29) is 17.2 Å². The number of aromatic nitrogens is 3. The van der Waals surface area contributed by atoms with Gasteiger partial charge in [0.05, 0.1) is 6.04 Å². The van der Waals surface area contributed by atoms with E-state index in [1.54, 1.807) is 0 Å². The van der Waals surface area contributed by atoms with E-state index >= 15 is 0 Å². The first-order valence-corrected chi connectivity index (χ1v) is 10.2. The number of carbonyl (C=O) groups is 1. The van der Waals surface area contributed by atoms with Crippen molar-refractivity contribution < 1.29 is 4.79 Å². The van der Waals surface area contributed by atoms with E-state index in [2.05, 4.69) is 20.9 Å². The molecule has 2 N–H and O–H groups in total. The first-order chi connectivity index (χ1) is 13.5. The minimum Gasteiger partial charge on any atom is -0.351 e. The highest BCUT2D eigenvalue weighted by molar-refractivity contribution is 8.00. The minimum absolute atomic E-state index is 0.0510. The Labute approximate surface area is 172 Å². The summed E-state index contributed by atoms with van der Waals surface area (Å²) < 4.78 is 1.83. The molecule has 0 fully saturated rings. The molecule has 8 heteroatoms. The molecular formula is C20H20ClN5OS. The third-order valence-corrected chi connectivity index (χ3v) is 6.14. The van der Waals surface area contributed by atoms with Gasteiger partial charge >= 0.3 is 0 Å². The number of thioether (sulfide) groups is 1. The van der Waals surface area contributed by atoms with Crippen LogP contribution in [-0.2, 0) is 11.3 Å². The van der Waals surface area contributed by atoms with E-state index in [4.69, 9.17) is 11.6 Å². The summed E-state index contributed by atoms with van der Waals surface area (Å²) in [7, 11) is 0. The molecule has 3 aromatic rings. The van der Waals surface area contributed by atoms with Gasteiger partial charge in [0, 0.05) is 11.6 Å². The number of aryl methyl sites for hydroxylation is 2. The third-order valence-electron chi connectivity index (χ3n) is 4.67. The zero-order valence-electron chi connectivity index (χ0n) is 15.5. The summed E-state index contributed by atoms with van der Waals surface area (Å²) in [5.74, 6) is 0.699. The molecule has 0 bridgehead atoms. The Bertz CT molecular complexity index is 987. The van der Waals surface area contributed by atoms with Crippen LogP contribution in [0.3, 0.4) is 0 Å². The fourth-order valence-electron chi connectivity index (χ4n) is 3.08. The van der Waals surface area contributed by atoms with Crippen LogP contribution in [0.1, 0.15) is 28.6 Å². The lowest BCUT2D eigenvalue weighted by Gasteiger charge is -2.32. The van der Waals surface area contributed by atoms with Crippen molar-refractivity contribution in [2.24, 2.45) is 0 Å². The molecule has 0 aliphatic carbocycles. The first kappa shape index (κ1) is 18.8. The molecule has 1 aliphatic heterocycles. The molecule has 2 aromatic carbocycles. The van der Waals surface area contributed by atoms with Gasteiger partial charge in [-0.25, -0.2) is 4.68 Å². The van der Waals surface area contributed by atoms with Crippen molar-refractivity contribution in [2.75, 3.05) is 5.43 Å². The van der Waals surface area contributed by atoms with Gasteiger partial charge in [0.2, 0.25) is 11.1 Å². The molecule has 0 saturated heterocycles. The molecule has 1 aromatic heterocycles. The van der Waals surface area contributed by atoms with Gasteiger partial charge in [-0.1, -0.05) is 65.3 Å². The van der Waals surface area contributed by atoms with E-state index < -0.39 is 0 Å². The summed E-state index contributed by atoms with van der Waals surface area (Å²) in [5.41, 5.74) is 6.62. The summed E-state index contributed by atoms with van der Waals surface area (Å²) in [4.78, 5) is 13.1. The third kappa shape index (κ3) is 3.86. The van der Waals surface area contributed by atoms with Gasteiger partial charge in [-0.05, 0) is 37.1 Å². The van der Waals surface area contributed by atoms with Gasteiger partial charge in [0.25, 0.3) is 0 Å². The molecule has 0 radical (unpaired) electrons. The number of carbonyl (C=O) groups excluding carboxylic acids is 1. The van der Waals surface area contributed by atoms with Crippen molar-refractivity contribution in [3.05, 3.63) is 76.1 Å². The largest absolute Gasteiger partial charge is 0.351 e. The fraction of sp³-hybridized carbons (Fsp3) is 0.250. The first-order valence-electron chi connectivity index (χ1n) is 8.95. The second kappa shape index (κ2) is 7.85. The summed E-state index contributed by atoms with van der Waals surface area (Å²) in [6.07, 6.45) is 0. The fourth-order valence-corrected chi connectivity index (χ4v) is 4.35. The van der Waals surface area contributed by atoms with Crippen molar-refractivity contribution in [1.82, 2.24) is 20.2 Å². The number of amides is 1. The average Bonchev–Trinajstić information content (AvgIpc) is 3.07. The molecular weight excluding hydrogens is 394 g/mol. The number of fused-ring (bicyclic) bond motifs is 1. The van der Waals surface area contributed by atoms with Crippen LogP contribution in [0.4, 0.5) is 0 Å².